The molecular weight excluding hydrogens is 272 g/mol. The van der Waals surface area contributed by atoms with Crippen molar-refractivity contribution >= 4 is 0 Å². The first kappa shape index (κ1) is 14.4. The average Bonchev–Trinajstić information content (AvgIpc) is 2.62. The van der Waals surface area contributed by atoms with Crippen LogP contribution in [0.1, 0.15) is 17.2 Å². The fraction of sp³-hybridized carbons (Fsp3) is 0.167. The summed E-state index contributed by atoms with van der Waals surface area (Å²) in [5.74, 6) is 0. The standard InChI is InChI=1S/C18H18N4/c1-19-18(16-3-2-8-20-10-16)9-14-4-6-15(7-5-14)17-11-21-13-22-12-17/h2-8,10-13,18-19H,9H2,1H3. The quantitative estimate of drug-likeness (QED) is 0.784. The second-order valence-electron chi connectivity index (χ2n) is 5.16. The maximum atomic E-state index is 4.20. The fourth-order valence-corrected chi connectivity index (χ4v) is 2.49. The van der Waals surface area contributed by atoms with Crippen molar-refractivity contribution in [3.05, 3.63) is 78.6 Å². The maximum absolute atomic E-state index is 4.20. The van der Waals surface area contributed by atoms with Crippen LogP contribution < -0.4 is 5.32 Å². The molecule has 1 atom stereocenters. The summed E-state index contributed by atoms with van der Waals surface area (Å²) in [5.41, 5.74) is 4.65. The van der Waals surface area contributed by atoms with E-state index in [1.165, 1.54) is 11.1 Å². The molecule has 4 heteroatoms. The van der Waals surface area contributed by atoms with Crippen LogP contribution in [0.15, 0.2) is 67.5 Å². The first-order valence-electron chi connectivity index (χ1n) is 7.28. The molecule has 0 aliphatic heterocycles. The SMILES string of the molecule is CNC(Cc1ccc(-c2cncnc2)cc1)c1cccnc1. The Bertz CT molecular complexity index is 696. The van der Waals surface area contributed by atoms with Gasteiger partial charge in [-0.15, -0.1) is 0 Å². The molecule has 4 nitrogen and oxygen atoms in total. The molecule has 1 aromatic carbocycles. The molecular formula is C18H18N4. The Kier molecular flexibility index (Phi) is 4.51. The first-order chi connectivity index (χ1) is 10.9. The van der Waals surface area contributed by atoms with E-state index in [4.69, 9.17) is 0 Å². The minimum absolute atomic E-state index is 0.264. The highest BCUT2D eigenvalue weighted by molar-refractivity contribution is 5.61. The number of hydrogen-bond acceptors (Lipinski definition) is 4. The van der Waals surface area contributed by atoms with Gasteiger partial charge in [0, 0.05) is 36.4 Å². The Labute approximate surface area is 130 Å². The molecule has 0 aliphatic rings. The van der Waals surface area contributed by atoms with Crippen molar-refractivity contribution in [1.82, 2.24) is 20.3 Å². The van der Waals surface area contributed by atoms with Crippen molar-refractivity contribution in [1.29, 1.82) is 0 Å². The lowest BCUT2D eigenvalue weighted by atomic mass is 9.98. The lowest BCUT2D eigenvalue weighted by Gasteiger charge is -2.16. The highest BCUT2D eigenvalue weighted by atomic mass is 14.9. The van der Waals surface area contributed by atoms with Gasteiger partial charge in [0.25, 0.3) is 0 Å². The van der Waals surface area contributed by atoms with Crippen molar-refractivity contribution in [3.8, 4) is 11.1 Å². The van der Waals surface area contributed by atoms with Crippen LogP contribution in [-0.2, 0) is 6.42 Å². The molecule has 3 rings (SSSR count). The van der Waals surface area contributed by atoms with E-state index >= 15 is 0 Å². The van der Waals surface area contributed by atoms with Crippen LogP contribution in [0, 0.1) is 0 Å². The number of hydrogen-bond donors (Lipinski definition) is 1. The summed E-state index contributed by atoms with van der Waals surface area (Å²) in [6.45, 7) is 0. The van der Waals surface area contributed by atoms with Crippen LogP contribution >= 0.6 is 0 Å². The Balaban J connectivity index is 1.76. The Morgan fingerprint density at radius 2 is 1.68 bits per heavy atom. The minimum Gasteiger partial charge on any atom is -0.313 e. The third kappa shape index (κ3) is 3.35. The van der Waals surface area contributed by atoms with Gasteiger partial charge >= 0.3 is 0 Å². The van der Waals surface area contributed by atoms with E-state index in [1.54, 1.807) is 12.5 Å². The number of nitrogens with zero attached hydrogens (tertiary/aromatic N) is 3. The van der Waals surface area contributed by atoms with Crippen molar-refractivity contribution in [2.24, 2.45) is 0 Å². The lowest BCUT2D eigenvalue weighted by molar-refractivity contribution is 0.590. The van der Waals surface area contributed by atoms with Gasteiger partial charge in [-0.05, 0) is 36.2 Å². The summed E-state index contributed by atoms with van der Waals surface area (Å²) >= 11 is 0. The number of nitrogens with one attached hydrogen (secondary N) is 1. The second kappa shape index (κ2) is 6.91. The molecule has 0 fully saturated rings. The van der Waals surface area contributed by atoms with E-state index in [0.717, 1.165) is 17.5 Å². The molecule has 3 aromatic rings. The number of likely N-dealkylation sites (N-methyl/N-ethyl adjacent to an activating group) is 1. The van der Waals surface area contributed by atoms with Crippen LogP contribution in [0.5, 0.6) is 0 Å². The summed E-state index contributed by atoms with van der Waals surface area (Å²) in [7, 11) is 1.98. The molecule has 0 saturated carbocycles. The van der Waals surface area contributed by atoms with Gasteiger partial charge in [0.15, 0.2) is 0 Å². The maximum Gasteiger partial charge on any atom is 0.115 e. The normalized spacial score (nSPS) is 12.0. The fourth-order valence-electron chi connectivity index (χ4n) is 2.49. The van der Waals surface area contributed by atoms with Gasteiger partial charge in [-0.1, -0.05) is 30.3 Å². The van der Waals surface area contributed by atoms with Gasteiger partial charge in [-0.25, -0.2) is 9.97 Å². The summed E-state index contributed by atoms with van der Waals surface area (Å²) in [6.07, 6.45) is 9.84. The van der Waals surface area contributed by atoms with Crippen molar-refractivity contribution in [3.63, 3.8) is 0 Å². The molecule has 1 unspecified atom stereocenters. The smallest absolute Gasteiger partial charge is 0.115 e. The Hall–Kier alpha value is -2.59. The zero-order chi connectivity index (χ0) is 15.2. The van der Waals surface area contributed by atoms with Crippen LogP contribution in [-0.4, -0.2) is 22.0 Å². The molecule has 0 radical (unpaired) electrons. The van der Waals surface area contributed by atoms with E-state index in [9.17, 15) is 0 Å². The van der Waals surface area contributed by atoms with Gasteiger partial charge in [-0.2, -0.15) is 0 Å². The summed E-state index contributed by atoms with van der Waals surface area (Å²) in [5, 5.41) is 3.35. The zero-order valence-corrected chi connectivity index (χ0v) is 12.5. The Morgan fingerprint density at radius 1 is 0.909 bits per heavy atom. The van der Waals surface area contributed by atoms with E-state index < -0.39 is 0 Å². The van der Waals surface area contributed by atoms with Crippen LogP contribution in [0.3, 0.4) is 0 Å². The van der Waals surface area contributed by atoms with Gasteiger partial charge in [0.2, 0.25) is 0 Å². The third-order valence-electron chi connectivity index (χ3n) is 3.72. The number of pyridine rings is 1. The van der Waals surface area contributed by atoms with Gasteiger partial charge in [0.05, 0.1) is 0 Å². The van der Waals surface area contributed by atoms with Gasteiger partial charge < -0.3 is 5.32 Å². The molecule has 0 amide bonds. The molecule has 2 heterocycles. The average molecular weight is 290 g/mol. The predicted molar refractivity (Wildman–Crippen MR) is 87.2 cm³/mol. The molecule has 0 aliphatic carbocycles. The molecule has 0 bridgehead atoms. The second-order valence-corrected chi connectivity index (χ2v) is 5.16. The summed E-state index contributed by atoms with van der Waals surface area (Å²) in [4.78, 5) is 12.3. The first-order valence-corrected chi connectivity index (χ1v) is 7.28. The molecule has 0 saturated heterocycles. The van der Waals surface area contributed by atoms with E-state index in [0.29, 0.717) is 0 Å². The molecule has 22 heavy (non-hydrogen) atoms. The highest BCUT2D eigenvalue weighted by Gasteiger charge is 2.10. The Morgan fingerprint density at radius 3 is 2.32 bits per heavy atom. The van der Waals surface area contributed by atoms with Gasteiger partial charge in [0.1, 0.15) is 6.33 Å². The number of benzene rings is 1. The largest absolute Gasteiger partial charge is 0.313 e. The molecule has 1 N–H and O–H groups in total. The predicted octanol–water partition coefficient (Wildman–Crippen LogP) is 3.04. The summed E-state index contributed by atoms with van der Waals surface area (Å²) < 4.78 is 0. The lowest BCUT2D eigenvalue weighted by Crippen LogP contribution is -2.18. The number of rotatable bonds is 5. The van der Waals surface area contributed by atoms with Gasteiger partial charge in [-0.3, -0.25) is 4.98 Å². The molecule has 0 spiro atoms. The van der Waals surface area contributed by atoms with E-state index in [2.05, 4.69) is 50.6 Å². The molecule has 110 valence electrons. The van der Waals surface area contributed by atoms with Crippen molar-refractivity contribution < 1.29 is 0 Å². The monoisotopic (exact) mass is 290 g/mol. The van der Waals surface area contributed by atoms with Crippen LogP contribution in [0.4, 0.5) is 0 Å². The van der Waals surface area contributed by atoms with Crippen LogP contribution in [0.25, 0.3) is 11.1 Å². The summed E-state index contributed by atoms with van der Waals surface area (Å²) in [6, 6.07) is 12.9. The highest BCUT2D eigenvalue weighted by Crippen LogP contribution is 2.21. The van der Waals surface area contributed by atoms with Crippen molar-refractivity contribution in [2.75, 3.05) is 7.05 Å². The van der Waals surface area contributed by atoms with E-state index in [1.807, 2.05) is 31.7 Å². The molecule has 2 aromatic heterocycles. The third-order valence-corrected chi connectivity index (χ3v) is 3.72. The zero-order valence-electron chi connectivity index (χ0n) is 12.5. The van der Waals surface area contributed by atoms with E-state index in [-0.39, 0.29) is 6.04 Å². The van der Waals surface area contributed by atoms with Crippen molar-refractivity contribution in [2.45, 2.75) is 12.5 Å². The minimum atomic E-state index is 0.264. The topological polar surface area (TPSA) is 50.7 Å². The number of aromatic nitrogens is 3. The van der Waals surface area contributed by atoms with Crippen LogP contribution in [0.2, 0.25) is 0 Å².